The summed E-state index contributed by atoms with van der Waals surface area (Å²) >= 11 is 0. The highest BCUT2D eigenvalue weighted by Gasteiger charge is 2.08. The van der Waals surface area contributed by atoms with Gasteiger partial charge >= 0.3 is 0 Å². The second kappa shape index (κ2) is 5.20. The summed E-state index contributed by atoms with van der Waals surface area (Å²) in [5.74, 6) is 0. The van der Waals surface area contributed by atoms with E-state index in [1.165, 1.54) is 16.5 Å². The van der Waals surface area contributed by atoms with E-state index in [1.54, 1.807) is 6.20 Å². The van der Waals surface area contributed by atoms with Crippen LogP contribution in [-0.2, 0) is 13.1 Å². The summed E-state index contributed by atoms with van der Waals surface area (Å²) < 4.78 is 2.18. The fourth-order valence-corrected chi connectivity index (χ4v) is 2.34. The van der Waals surface area contributed by atoms with Crippen molar-refractivity contribution in [1.29, 1.82) is 0 Å². The Morgan fingerprint density at radius 2 is 2.11 bits per heavy atom. The van der Waals surface area contributed by atoms with E-state index in [4.69, 9.17) is 0 Å². The van der Waals surface area contributed by atoms with E-state index >= 15 is 0 Å². The molecule has 0 radical (unpaired) electrons. The van der Waals surface area contributed by atoms with Crippen LogP contribution in [-0.4, -0.2) is 21.6 Å². The predicted octanol–water partition coefficient (Wildman–Crippen LogP) is 2.20. The Labute approximate surface area is 112 Å². The van der Waals surface area contributed by atoms with Gasteiger partial charge in [0.25, 0.3) is 0 Å². The van der Waals surface area contributed by atoms with Gasteiger partial charge in [-0.15, -0.1) is 0 Å². The van der Waals surface area contributed by atoms with E-state index in [9.17, 15) is 0 Å². The Bertz CT molecular complexity index is 673. The van der Waals surface area contributed by atoms with Crippen molar-refractivity contribution in [1.82, 2.24) is 19.9 Å². The van der Waals surface area contributed by atoms with Crippen molar-refractivity contribution < 1.29 is 0 Å². The van der Waals surface area contributed by atoms with Crippen molar-refractivity contribution in [2.75, 3.05) is 7.05 Å². The minimum atomic E-state index is 0.797. The lowest BCUT2D eigenvalue weighted by atomic mass is 10.2. The van der Waals surface area contributed by atoms with Gasteiger partial charge < -0.3 is 9.88 Å². The first-order valence-corrected chi connectivity index (χ1v) is 6.34. The molecule has 0 aromatic carbocycles. The lowest BCUT2D eigenvalue weighted by Crippen LogP contribution is -2.04. The minimum absolute atomic E-state index is 0.797. The molecule has 0 saturated heterocycles. The molecule has 0 unspecified atom stereocenters. The molecule has 4 heteroatoms. The molecule has 0 aliphatic rings. The van der Waals surface area contributed by atoms with Gasteiger partial charge in [-0.25, -0.2) is 4.98 Å². The summed E-state index contributed by atoms with van der Waals surface area (Å²) in [6, 6.07) is 8.15. The Morgan fingerprint density at radius 1 is 1.21 bits per heavy atom. The van der Waals surface area contributed by atoms with Gasteiger partial charge in [-0.05, 0) is 36.4 Å². The molecule has 3 heterocycles. The molecule has 19 heavy (non-hydrogen) atoms. The molecule has 0 aliphatic heterocycles. The Kier molecular flexibility index (Phi) is 3.25. The SMILES string of the molecule is CNCc1cn(Cc2cccnc2)c2ncccc12. The van der Waals surface area contributed by atoms with Gasteiger partial charge in [0.15, 0.2) is 0 Å². The number of hydrogen-bond acceptors (Lipinski definition) is 3. The Morgan fingerprint density at radius 3 is 2.89 bits per heavy atom. The summed E-state index contributed by atoms with van der Waals surface area (Å²) in [7, 11) is 1.96. The van der Waals surface area contributed by atoms with Crippen LogP contribution < -0.4 is 5.32 Å². The maximum absolute atomic E-state index is 4.50. The monoisotopic (exact) mass is 252 g/mol. The summed E-state index contributed by atoms with van der Waals surface area (Å²) in [5, 5.41) is 4.41. The lowest BCUT2D eigenvalue weighted by molar-refractivity contribution is 0.789. The van der Waals surface area contributed by atoms with Gasteiger partial charge in [-0.3, -0.25) is 4.98 Å². The average molecular weight is 252 g/mol. The van der Waals surface area contributed by atoms with Gasteiger partial charge in [0.1, 0.15) is 5.65 Å². The third-order valence-electron chi connectivity index (χ3n) is 3.16. The molecule has 0 saturated carbocycles. The van der Waals surface area contributed by atoms with Crippen molar-refractivity contribution in [3.05, 3.63) is 60.2 Å². The van der Waals surface area contributed by atoms with Crippen LogP contribution in [0.5, 0.6) is 0 Å². The van der Waals surface area contributed by atoms with E-state index in [2.05, 4.69) is 38.2 Å². The van der Waals surface area contributed by atoms with Crippen LogP contribution in [0.3, 0.4) is 0 Å². The van der Waals surface area contributed by atoms with Crippen LogP contribution >= 0.6 is 0 Å². The van der Waals surface area contributed by atoms with Crippen molar-refractivity contribution in [2.45, 2.75) is 13.1 Å². The smallest absolute Gasteiger partial charge is 0.140 e. The molecule has 3 rings (SSSR count). The van der Waals surface area contributed by atoms with E-state index < -0.39 is 0 Å². The van der Waals surface area contributed by atoms with Crippen LogP contribution in [0.15, 0.2) is 49.1 Å². The number of fused-ring (bicyclic) bond motifs is 1. The average Bonchev–Trinajstić information content (AvgIpc) is 2.79. The third kappa shape index (κ3) is 2.35. The molecule has 3 aromatic rings. The first kappa shape index (κ1) is 11.9. The highest BCUT2D eigenvalue weighted by atomic mass is 15.0. The standard InChI is InChI=1S/C15H16N4/c1-16-9-13-11-19(10-12-4-2-6-17-8-12)15-14(13)5-3-7-18-15/h2-8,11,16H,9-10H2,1H3. The molecule has 0 amide bonds. The molecule has 4 nitrogen and oxygen atoms in total. The quantitative estimate of drug-likeness (QED) is 0.774. The highest BCUT2D eigenvalue weighted by Crippen LogP contribution is 2.20. The highest BCUT2D eigenvalue weighted by molar-refractivity contribution is 5.80. The lowest BCUT2D eigenvalue weighted by Gasteiger charge is -2.03. The van der Waals surface area contributed by atoms with Crippen LogP contribution in [0.1, 0.15) is 11.1 Å². The van der Waals surface area contributed by atoms with E-state index in [0.717, 1.165) is 18.7 Å². The molecule has 0 fully saturated rings. The van der Waals surface area contributed by atoms with Crippen LogP contribution in [0.4, 0.5) is 0 Å². The number of nitrogens with one attached hydrogen (secondary N) is 1. The number of aromatic nitrogens is 3. The van der Waals surface area contributed by atoms with Crippen molar-refractivity contribution in [2.24, 2.45) is 0 Å². The van der Waals surface area contributed by atoms with Crippen LogP contribution in [0, 0.1) is 0 Å². The topological polar surface area (TPSA) is 42.7 Å². The molecule has 0 spiro atoms. The number of rotatable bonds is 4. The zero-order chi connectivity index (χ0) is 13.1. The van der Waals surface area contributed by atoms with Crippen LogP contribution in [0.25, 0.3) is 11.0 Å². The van der Waals surface area contributed by atoms with Gasteiger partial charge in [0.05, 0.1) is 6.54 Å². The first-order valence-electron chi connectivity index (χ1n) is 6.34. The summed E-state index contributed by atoms with van der Waals surface area (Å²) in [4.78, 5) is 8.65. The molecular weight excluding hydrogens is 236 g/mol. The van der Waals surface area contributed by atoms with Gasteiger partial charge in [-0.1, -0.05) is 6.07 Å². The summed E-state index contributed by atoms with van der Waals surface area (Å²) in [5.41, 5.74) is 3.48. The van der Waals surface area contributed by atoms with E-state index in [1.807, 2.05) is 31.6 Å². The van der Waals surface area contributed by atoms with E-state index in [-0.39, 0.29) is 0 Å². The molecule has 0 bridgehead atoms. The Balaban J connectivity index is 2.03. The van der Waals surface area contributed by atoms with Crippen molar-refractivity contribution in [3.8, 4) is 0 Å². The molecule has 0 atom stereocenters. The molecule has 1 N–H and O–H groups in total. The van der Waals surface area contributed by atoms with Crippen molar-refractivity contribution >= 4 is 11.0 Å². The molecule has 96 valence electrons. The zero-order valence-electron chi connectivity index (χ0n) is 10.9. The number of hydrogen-bond donors (Lipinski definition) is 1. The second-order valence-electron chi connectivity index (χ2n) is 4.55. The summed E-state index contributed by atoms with van der Waals surface area (Å²) in [6.45, 7) is 1.65. The summed E-state index contributed by atoms with van der Waals surface area (Å²) in [6.07, 6.45) is 7.70. The van der Waals surface area contributed by atoms with Gasteiger partial charge in [0, 0.05) is 36.7 Å². The van der Waals surface area contributed by atoms with E-state index in [0.29, 0.717) is 0 Å². The molecule has 3 aromatic heterocycles. The molecule has 0 aliphatic carbocycles. The fraction of sp³-hybridized carbons (Fsp3) is 0.200. The largest absolute Gasteiger partial charge is 0.328 e. The van der Waals surface area contributed by atoms with Gasteiger partial charge in [-0.2, -0.15) is 0 Å². The fourth-order valence-electron chi connectivity index (χ4n) is 2.34. The predicted molar refractivity (Wildman–Crippen MR) is 75.8 cm³/mol. The number of nitrogens with zero attached hydrogens (tertiary/aromatic N) is 3. The third-order valence-corrected chi connectivity index (χ3v) is 3.16. The maximum Gasteiger partial charge on any atom is 0.140 e. The maximum atomic E-state index is 4.50. The number of pyridine rings is 2. The minimum Gasteiger partial charge on any atom is -0.328 e. The Hall–Kier alpha value is -2.20. The van der Waals surface area contributed by atoms with Crippen molar-refractivity contribution in [3.63, 3.8) is 0 Å². The first-order chi connectivity index (χ1) is 9.38. The normalized spacial score (nSPS) is 11.0. The zero-order valence-corrected chi connectivity index (χ0v) is 10.9. The second-order valence-corrected chi connectivity index (χ2v) is 4.55. The van der Waals surface area contributed by atoms with Gasteiger partial charge in [0.2, 0.25) is 0 Å². The van der Waals surface area contributed by atoms with Crippen LogP contribution in [0.2, 0.25) is 0 Å². The molecular formula is C15H16N4.